The molecule has 2 N–H and O–H groups in total. The van der Waals surface area contributed by atoms with Gasteiger partial charge in [0, 0.05) is 18.4 Å². The Balaban J connectivity index is 1.89. The lowest BCUT2D eigenvalue weighted by Crippen LogP contribution is -2.18. The van der Waals surface area contributed by atoms with E-state index < -0.39 is 5.91 Å². The molecule has 4 nitrogen and oxygen atoms in total. The van der Waals surface area contributed by atoms with Gasteiger partial charge in [-0.3, -0.25) is 4.79 Å². The Morgan fingerprint density at radius 2 is 1.83 bits per heavy atom. The molecule has 0 atom stereocenters. The lowest BCUT2D eigenvalue weighted by Gasteiger charge is -2.07. The fourth-order valence-corrected chi connectivity index (χ4v) is 2.20. The molecule has 0 heterocycles. The van der Waals surface area contributed by atoms with Crippen LogP contribution in [0, 0.1) is 25.2 Å². The summed E-state index contributed by atoms with van der Waals surface area (Å²) in [5, 5.41) is 15.0. The molecule has 122 valence electrons. The molecule has 0 saturated heterocycles. The smallest absolute Gasteiger partial charge is 0.267 e. The zero-order valence-electron chi connectivity index (χ0n) is 14.0. The number of carbonyl (C=O) groups is 1. The molecule has 2 rings (SSSR count). The van der Waals surface area contributed by atoms with E-state index in [1.165, 1.54) is 17.3 Å². The van der Waals surface area contributed by atoms with Crippen LogP contribution >= 0.6 is 0 Å². The molecule has 2 aromatic rings. The van der Waals surface area contributed by atoms with Gasteiger partial charge in [-0.2, -0.15) is 5.26 Å². The number of aryl methyl sites for hydroxylation is 2. The molecule has 0 unspecified atom stereocenters. The summed E-state index contributed by atoms with van der Waals surface area (Å²) in [4.78, 5) is 12.2. The summed E-state index contributed by atoms with van der Waals surface area (Å²) in [7, 11) is 0. The third kappa shape index (κ3) is 4.99. The molecule has 0 radical (unpaired) electrons. The standard InChI is InChI=1S/C20H21N3O/c1-15-7-9-17(10-8-15)11-12-22-14-18(13-21)20(24)23-19-6-4-3-5-16(19)2/h3-10,14,22H,11-12H2,1-2H3,(H,23,24)/b18-14-. The first-order valence-corrected chi connectivity index (χ1v) is 7.86. The number of carbonyl (C=O) groups excluding carboxylic acids is 1. The van der Waals surface area contributed by atoms with Gasteiger partial charge < -0.3 is 10.6 Å². The first-order chi connectivity index (χ1) is 11.6. The van der Waals surface area contributed by atoms with Crippen molar-refractivity contribution in [1.82, 2.24) is 5.32 Å². The minimum Gasteiger partial charge on any atom is -0.389 e. The number of hydrogen-bond acceptors (Lipinski definition) is 3. The lowest BCUT2D eigenvalue weighted by atomic mass is 10.1. The van der Waals surface area contributed by atoms with Crippen molar-refractivity contribution >= 4 is 11.6 Å². The molecule has 0 fully saturated rings. The minimum atomic E-state index is -0.408. The Kier molecular flexibility index (Phi) is 6.16. The Labute approximate surface area is 142 Å². The van der Waals surface area contributed by atoms with Crippen LogP contribution in [0.2, 0.25) is 0 Å². The molecule has 0 aromatic heterocycles. The summed E-state index contributed by atoms with van der Waals surface area (Å²) in [6.45, 7) is 4.62. The summed E-state index contributed by atoms with van der Waals surface area (Å²) in [5.41, 5.74) is 4.16. The quantitative estimate of drug-likeness (QED) is 0.487. The maximum absolute atomic E-state index is 12.2. The summed E-state index contributed by atoms with van der Waals surface area (Å²) in [6, 6.07) is 17.7. The van der Waals surface area contributed by atoms with Gasteiger partial charge in [0.1, 0.15) is 11.6 Å². The third-order valence-electron chi connectivity index (χ3n) is 3.68. The van der Waals surface area contributed by atoms with Crippen molar-refractivity contribution in [2.75, 3.05) is 11.9 Å². The van der Waals surface area contributed by atoms with E-state index >= 15 is 0 Å². The average Bonchev–Trinajstić information content (AvgIpc) is 2.58. The van der Waals surface area contributed by atoms with E-state index in [2.05, 4.69) is 41.8 Å². The Morgan fingerprint density at radius 1 is 1.12 bits per heavy atom. The van der Waals surface area contributed by atoms with E-state index in [-0.39, 0.29) is 5.57 Å². The SMILES string of the molecule is Cc1ccc(CCN/C=C(/C#N)C(=O)Nc2ccccc2C)cc1. The van der Waals surface area contributed by atoms with E-state index in [0.717, 1.165) is 12.0 Å². The van der Waals surface area contributed by atoms with Crippen LogP contribution in [0.4, 0.5) is 5.69 Å². The lowest BCUT2D eigenvalue weighted by molar-refractivity contribution is -0.112. The molecule has 0 bridgehead atoms. The number of nitrogens with one attached hydrogen (secondary N) is 2. The highest BCUT2D eigenvalue weighted by Gasteiger charge is 2.10. The molecule has 24 heavy (non-hydrogen) atoms. The highest BCUT2D eigenvalue weighted by atomic mass is 16.1. The maximum atomic E-state index is 12.2. The van der Waals surface area contributed by atoms with Gasteiger partial charge in [0.2, 0.25) is 0 Å². The van der Waals surface area contributed by atoms with Gasteiger partial charge in [0.15, 0.2) is 0 Å². The van der Waals surface area contributed by atoms with E-state index in [1.807, 2.05) is 37.3 Å². The molecule has 4 heteroatoms. The molecular formula is C20H21N3O. The van der Waals surface area contributed by atoms with Crippen molar-refractivity contribution in [3.05, 3.63) is 77.0 Å². The number of nitrogens with zero attached hydrogens (tertiary/aromatic N) is 1. The topological polar surface area (TPSA) is 64.9 Å². The zero-order valence-corrected chi connectivity index (χ0v) is 14.0. The van der Waals surface area contributed by atoms with E-state index in [0.29, 0.717) is 12.2 Å². The molecule has 2 aromatic carbocycles. The molecule has 1 amide bonds. The number of rotatable bonds is 6. The first kappa shape index (κ1) is 17.3. The van der Waals surface area contributed by atoms with Crippen molar-refractivity contribution < 1.29 is 4.79 Å². The first-order valence-electron chi connectivity index (χ1n) is 7.86. The van der Waals surface area contributed by atoms with E-state index in [4.69, 9.17) is 0 Å². The van der Waals surface area contributed by atoms with Crippen LogP contribution in [0.5, 0.6) is 0 Å². The van der Waals surface area contributed by atoms with Crippen molar-refractivity contribution in [3.8, 4) is 6.07 Å². The van der Waals surface area contributed by atoms with E-state index in [9.17, 15) is 10.1 Å². The summed E-state index contributed by atoms with van der Waals surface area (Å²) >= 11 is 0. The van der Waals surface area contributed by atoms with Gasteiger partial charge >= 0.3 is 0 Å². The zero-order chi connectivity index (χ0) is 17.4. The van der Waals surface area contributed by atoms with Crippen molar-refractivity contribution in [2.24, 2.45) is 0 Å². The fraction of sp³-hybridized carbons (Fsp3) is 0.200. The van der Waals surface area contributed by atoms with Gasteiger partial charge in [-0.05, 0) is 37.5 Å². The van der Waals surface area contributed by atoms with Crippen molar-refractivity contribution in [1.29, 1.82) is 5.26 Å². The number of hydrogen-bond donors (Lipinski definition) is 2. The van der Waals surface area contributed by atoms with Crippen LogP contribution in [0.1, 0.15) is 16.7 Å². The third-order valence-corrected chi connectivity index (χ3v) is 3.68. The van der Waals surface area contributed by atoms with Gasteiger partial charge in [-0.1, -0.05) is 48.0 Å². The van der Waals surface area contributed by atoms with Crippen LogP contribution in [-0.2, 0) is 11.2 Å². The predicted octanol–water partition coefficient (Wildman–Crippen LogP) is 3.48. The molecule has 0 aliphatic carbocycles. The van der Waals surface area contributed by atoms with Crippen molar-refractivity contribution in [2.45, 2.75) is 20.3 Å². The van der Waals surface area contributed by atoms with Crippen LogP contribution in [0.3, 0.4) is 0 Å². The largest absolute Gasteiger partial charge is 0.389 e. The van der Waals surface area contributed by atoms with Crippen LogP contribution in [0.25, 0.3) is 0 Å². The van der Waals surface area contributed by atoms with Crippen LogP contribution in [0.15, 0.2) is 60.3 Å². The summed E-state index contributed by atoms with van der Waals surface area (Å²) in [5.74, 6) is -0.408. The van der Waals surface area contributed by atoms with Crippen molar-refractivity contribution in [3.63, 3.8) is 0 Å². The van der Waals surface area contributed by atoms with Gasteiger partial charge in [0.25, 0.3) is 5.91 Å². The predicted molar refractivity (Wildman–Crippen MR) is 96.4 cm³/mol. The molecule has 0 spiro atoms. The van der Waals surface area contributed by atoms with Crippen LogP contribution < -0.4 is 10.6 Å². The number of amides is 1. The number of anilines is 1. The second kappa shape index (κ2) is 8.54. The van der Waals surface area contributed by atoms with Gasteiger partial charge in [-0.25, -0.2) is 0 Å². The highest BCUT2D eigenvalue weighted by Crippen LogP contribution is 2.14. The fourth-order valence-electron chi connectivity index (χ4n) is 2.20. The second-order valence-corrected chi connectivity index (χ2v) is 5.63. The van der Waals surface area contributed by atoms with Crippen LogP contribution in [-0.4, -0.2) is 12.5 Å². The minimum absolute atomic E-state index is 0.0576. The second-order valence-electron chi connectivity index (χ2n) is 5.63. The Bertz CT molecular complexity index is 770. The number of para-hydroxylation sites is 1. The Morgan fingerprint density at radius 3 is 2.50 bits per heavy atom. The summed E-state index contributed by atoms with van der Waals surface area (Å²) in [6.07, 6.45) is 2.30. The Hall–Kier alpha value is -3.06. The normalized spacial score (nSPS) is 10.8. The molecule has 0 aliphatic rings. The average molecular weight is 319 g/mol. The number of benzene rings is 2. The monoisotopic (exact) mass is 319 g/mol. The molecule has 0 aliphatic heterocycles. The molecule has 0 saturated carbocycles. The highest BCUT2D eigenvalue weighted by molar-refractivity contribution is 6.06. The van der Waals surface area contributed by atoms with Gasteiger partial charge in [-0.15, -0.1) is 0 Å². The van der Waals surface area contributed by atoms with Gasteiger partial charge in [0.05, 0.1) is 0 Å². The number of nitriles is 1. The van der Waals surface area contributed by atoms with E-state index in [1.54, 1.807) is 0 Å². The maximum Gasteiger partial charge on any atom is 0.267 e. The summed E-state index contributed by atoms with van der Waals surface area (Å²) < 4.78 is 0. The molecular weight excluding hydrogens is 298 g/mol.